The number of para-hydroxylation sites is 1. The van der Waals surface area contributed by atoms with Gasteiger partial charge in [-0.1, -0.05) is 42.0 Å². The molecule has 2 N–H and O–H groups in total. The van der Waals surface area contributed by atoms with Gasteiger partial charge in [0.2, 0.25) is 0 Å². The van der Waals surface area contributed by atoms with Crippen molar-refractivity contribution in [3.05, 3.63) is 94.9 Å². The summed E-state index contributed by atoms with van der Waals surface area (Å²) in [4.78, 5) is 38.9. The Morgan fingerprint density at radius 3 is 2.47 bits per heavy atom. The maximum absolute atomic E-state index is 13.1. The number of methoxy groups -OCH3 is 1. The van der Waals surface area contributed by atoms with Gasteiger partial charge in [0.1, 0.15) is 11.5 Å². The number of urea groups is 1. The van der Waals surface area contributed by atoms with Crippen LogP contribution in [0.2, 0.25) is 0 Å². The quantitative estimate of drug-likeness (QED) is 0.364. The number of aryl methyl sites for hydroxylation is 1. The predicted octanol–water partition coefficient (Wildman–Crippen LogP) is 4.25. The van der Waals surface area contributed by atoms with Crippen molar-refractivity contribution < 1.29 is 28.2 Å². The first-order valence-corrected chi connectivity index (χ1v) is 11.1. The number of carbonyl (C=O) groups is 3. The minimum Gasteiger partial charge on any atom is -0.493 e. The summed E-state index contributed by atoms with van der Waals surface area (Å²) < 4.78 is 24.2. The van der Waals surface area contributed by atoms with E-state index in [0.717, 1.165) is 16.0 Å². The number of carbonyl (C=O) groups excluding carboxylic acids is 3. The molecule has 0 radical (unpaired) electrons. The Morgan fingerprint density at radius 1 is 1.06 bits per heavy atom. The molecule has 3 aromatic carbocycles. The largest absolute Gasteiger partial charge is 0.493 e. The molecule has 1 aliphatic heterocycles. The van der Waals surface area contributed by atoms with Gasteiger partial charge in [-0.2, -0.15) is 0 Å². The van der Waals surface area contributed by atoms with Crippen LogP contribution in [0, 0.1) is 12.7 Å². The van der Waals surface area contributed by atoms with Crippen LogP contribution in [0.4, 0.5) is 14.9 Å². The monoisotopic (exact) mass is 489 g/mol. The van der Waals surface area contributed by atoms with E-state index in [0.29, 0.717) is 17.0 Å². The second kappa shape index (κ2) is 10.7. The maximum Gasteiger partial charge on any atom is 0.329 e. The summed E-state index contributed by atoms with van der Waals surface area (Å²) in [5.74, 6) is -0.807. The standard InChI is InChI=1S/C27H24FN3O5/c1-17-6-8-18(9-7-17)15-31-26(33)22(30-27(31)34)14-19-4-3-5-23(35-2)25(19)36-16-24(32)29-21-12-10-20(28)11-13-21/h3-14H,15-16H2,1-2H3,(H,29,32)(H,30,34)/b22-14+. The zero-order chi connectivity index (χ0) is 25.7. The van der Waals surface area contributed by atoms with Gasteiger partial charge in [0, 0.05) is 11.3 Å². The van der Waals surface area contributed by atoms with Crippen molar-refractivity contribution in [2.45, 2.75) is 13.5 Å². The van der Waals surface area contributed by atoms with Gasteiger partial charge in [0.25, 0.3) is 11.8 Å². The molecule has 0 bridgehead atoms. The molecule has 0 unspecified atom stereocenters. The van der Waals surface area contributed by atoms with Crippen molar-refractivity contribution in [2.24, 2.45) is 0 Å². The van der Waals surface area contributed by atoms with E-state index in [-0.39, 0.29) is 24.6 Å². The van der Waals surface area contributed by atoms with E-state index in [4.69, 9.17) is 9.47 Å². The zero-order valence-electron chi connectivity index (χ0n) is 19.7. The molecular formula is C27H24FN3O5. The highest BCUT2D eigenvalue weighted by molar-refractivity contribution is 6.14. The third-order valence-corrected chi connectivity index (χ3v) is 5.43. The number of rotatable bonds is 8. The minimum atomic E-state index is -0.532. The molecule has 9 heteroatoms. The average Bonchev–Trinajstić information content (AvgIpc) is 3.13. The van der Waals surface area contributed by atoms with Gasteiger partial charge in [0.05, 0.1) is 13.7 Å². The lowest BCUT2D eigenvalue weighted by Gasteiger charge is -2.14. The molecule has 4 rings (SSSR count). The Labute approximate surface area is 207 Å². The lowest BCUT2D eigenvalue weighted by Crippen LogP contribution is -2.30. The molecule has 3 aromatic rings. The lowest BCUT2D eigenvalue weighted by molar-refractivity contribution is -0.123. The maximum atomic E-state index is 13.1. The van der Waals surface area contributed by atoms with Crippen LogP contribution < -0.4 is 20.1 Å². The molecule has 36 heavy (non-hydrogen) atoms. The van der Waals surface area contributed by atoms with Crippen molar-refractivity contribution in [2.75, 3.05) is 19.0 Å². The fourth-order valence-corrected chi connectivity index (χ4v) is 3.58. The first kappa shape index (κ1) is 24.5. The van der Waals surface area contributed by atoms with Crippen molar-refractivity contribution in [1.29, 1.82) is 0 Å². The second-order valence-electron chi connectivity index (χ2n) is 8.09. The van der Waals surface area contributed by atoms with E-state index in [2.05, 4.69) is 10.6 Å². The van der Waals surface area contributed by atoms with E-state index in [1.807, 2.05) is 31.2 Å². The summed E-state index contributed by atoms with van der Waals surface area (Å²) in [7, 11) is 1.45. The summed E-state index contributed by atoms with van der Waals surface area (Å²) in [5.41, 5.74) is 2.82. The van der Waals surface area contributed by atoms with Crippen LogP contribution in [-0.2, 0) is 16.1 Å². The SMILES string of the molecule is COc1cccc(/C=C2/NC(=O)N(Cc3ccc(C)cc3)C2=O)c1OCC(=O)Nc1ccc(F)cc1. The van der Waals surface area contributed by atoms with Crippen LogP contribution in [0.3, 0.4) is 0 Å². The van der Waals surface area contributed by atoms with Gasteiger partial charge >= 0.3 is 6.03 Å². The second-order valence-corrected chi connectivity index (χ2v) is 8.09. The molecular weight excluding hydrogens is 465 g/mol. The number of hydrogen-bond acceptors (Lipinski definition) is 5. The van der Waals surface area contributed by atoms with Gasteiger partial charge in [-0.05, 0) is 48.9 Å². The van der Waals surface area contributed by atoms with Crippen molar-refractivity contribution in [3.63, 3.8) is 0 Å². The van der Waals surface area contributed by atoms with E-state index in [1.54, 1.807) is 18.2 Å². The van der Waals surface area contributed by atoms with Gasteiger partial charge in [0.15, 0.2) is 18.1 Å². The molecule has 8 nitrogen and oxygen atoms in total. The minimum absolute atomic E-state index is 0.0704. The van der Waals surface area contributed by atoms with Crippen LogP contribution in [0.15, 0.2) is 72.4 Å². The van der Waals surface area contributed by atoms with E-state index < -0.39 is 23.7 Å². The number of amides is 4. The highest BCUT2D eigenvalue weighted by Crippen LogP contribution is 2.33. The number of nitrogens with one attached hydrogen (secondary N) is 2. The van der Waals surface area contributed by atoms with Gasteiger partial charge in [-0.25, -0.2) is 9.18 Å². The van der Waals surface area contributed by atoms with Crippen LogP contribution in [0.1, 0.15) is 16.7 Å². The summed E-state index contributed by atoms with van der Waals surface area (Å²) in [6, 6.07) is 17.4. The molecule has 1 heterocycles. The average molecular weight is 490 g/mol. The molecule has 0 aliphatic carbocycles. The number of benzene rings is 3. The third-order valence-electron chi connectivity index (χ3n) is 5.43. The van der Waals surface area contributed by atoms with Gasteiger partial charge in [-0.15, -0.1) is 0 Å². The zero-order valence-corrected chi connectivity index (χ0v) is 19.7. The molecule has 184 valence electrons. The number of halogens is 1. The van der Waals surface area contributed by atoms with Crippen LogP contribution >= 0.6 is 0 Å². The third kappa shape index (κ3) is 5.69. The predicted molar refractivity (Wildman–Crippen MR) is 132 cm³/mol. The Bertz CT molecular complexity index is 1320. The Balaban J connectivity index is 1.50. The summed E-state index contributed by atoms with van der Waals surface area (Å²) in [6.07, 6.45) is 1.48. The van der Waals surface area contributed by atoms with E-state index in [1.165, 1.54) is 37.5 Å². The Kier molecular flexibility index (Phi) is 7.29. The van der Waals surface area contributed by atoms with Crippen LogP contribution in [-0.4, -0.2) is 36.5 Å². The number of imide groups is 1. The number of hydrogen-bond donors (Lipinski definition) is 2. The summed E-state index contributed by atoms with van der Waals surface area (Å²) >= 11 is 0. The molecule has 1 fully saturated rings. The fraction of sp³-hybridized carbons (Fsp3) is 0.148. The smallest absolute Gasteiger partial charge is 0.329 e. The molecule has 0 spiro atoms. The molecule has 1 saturated heterocycles. The molecule has 0 saturated carbocycles. The molecule has 0 aromatic heterocycles. The van der Waals surface area contributed by atoms with Crippen molar-refractivity contribution in [3.8, 4) is 11.5 Å². The highest BCUT2D eigenvalue weighted by Gasteiger charge is 2.33. The summed E-state index contributed by atoms with van der Waals surface area (Å²) in [5, 5.41) is 5.20. The van der Waals surface area contributed by atoms with Crippen LogP contribution in [0.25, 0.3) is 6.08 Å². The van der Waals surface area contributed by atoms with Crippen molar-refractivity contribution in [1.82, 2.24) is 10.2 Å². The lowest BCUT2D eigenvalue weighted by atomic mass is 10.1. The number of ether oxygens (including phenoxy) is 2. The Hall–Kier alpha value is -4.66. The van der Waals surface area contributed by atoms with E-state index >= 15 is 0 Å². The van der Waals surface area contributed by atoms with Gasteiger partial charge < -0.3 is 20.1 Å². The van der Waals surface area contributed by atoms with Crippen molar-refractivity contribution >= 4 is 29.6 Å². The van der Waals surface area contributed by atoms with E-state index in [9.17, 15) is 18.8 Å². The molecule has 0 atom stereocenters. The normalized spacial score (nSPS) is 14.1. The van der Waals surface area contributed by atoms with Crippen LogP contribution in [0.5, 0.6) is 11.5 Å². The molecule has 1 aliphatic rings. The molecule has 4 amide bonds. The van der Waals surface area contributed by atoms with Gasteiger partial charge in [-0.3, -0.25) is 14.5 Å². The number of anilines is 1. The first-order chi connectivity index (χ1) is 17.3. The topological polar surface area (TPSA) is 97.0 Å². The highest BCUT2D eigenvalue weighted by atomic mass is 19.1. The first-order valence-electron chi connectivity index (χ1n) is 11.1. The Morgan fingerprint density at radius 2 is 1.78 bits per heavy atom. The fourth-order valence-electron chi connectivity index (χ4n) is 3.58. The summed E-state index contributed by atoms with van der Waals surface area (Å²) in [6.45, 7) is 1.72. The number of nitrogens with zero attached hydrogens (tertiary/aromatic N) is 1.